The van der Waals surface area contributed by atoms with Crippen molar-refractivity contribution in [2.45, 2.75) is 46.8 Å². The summed E-state index contributed by atoms with van der Waals surface area (Å²) < 4.78 is 18.0. The molecular formula is C28H31NO5. The lowest BCUT2D eigenvalue weighted by Gasteiger charge is -2.14. The Morgan fingerprint density at radius 3 is 2.59 bits per heavy atom. The zero-order valence-corrected chi connectivity index (χ0v) is 20.1. The van der Waals surface area contributed by atoms with E-state index in [2.05, 4.69) is 11.6 Å². The summed E-state index contributed by atoms with van der Waals surface area (Å²) in [7, 11) is 0. The van der Waals surface area contributed by atoms with Crippen molar-refractivity contribution in [1.29, 1.82) is 0 Å². The van der Waals surface area contributed by atoms with Crippen molar-refractivity contribution >= 4 is 16.7 Å². The third-order valence-electron chi connectivity index (χ3n) is 5.18. The fraction of sp³-hybridized carbons (Fsp3) is 0.286. The average Bonchev–Trinajstić information content (AvgIpc) is 2.81. The van der Waals surface area contributed by atoms with E-state index in [1.165, 1.54) is 6.07 Å². The Morgan fingerprint density at radius 1 is 1.18 bits per heavy atom. The largest absolute Gasteiger partial charge is 0.488 e. The number of allylic oxidation sites excluding steroid dienone is 2. The zero-order valence-electron chi connectivity index (χ0n) is 20.1. The van der Waals surface area contributed by atoms with Crippen molar-refractivity contribution in [3.8, 4) is 11.5 Å². The average molecular weight is 462 g/mol. The molecule has 3 aromatic rings. The highest BCUT2D eigenvalue weighted by atomic mass is 16.5. The first-order valence-corrected chi connectivity index (χ1v) is 11.2. The number of aliphatic imine (C=N–C) groups is 1. The first kappa shape index (κ1) is 25.0. The van der Waals surface area contributed by atoms with Gasteiger partial charge in [0, 0.05) is 29.8 Å². The second-order valence-electron chi connectivity index (χ2n) is 8.29. The summed E-state index contributed by atoms with van der Waals surface area (Å²) in [5.74, 6) is 1.46. The summed E-state index contributed by atoms with van der Waals surface area (Å²) >= 11 is 0. The number of ether oxygens (including phenoxy) is 2. The van der Waals surface area contributed by atoms with Gasteiger partial charge >= 0.3 is 0 Å². The van der Waals surface area contributed by atoms with Gasteiger partial charge in [0.15, 0.2) is 5.43 Å². The highest BCUT2D eigenvalue weighted by molar-refractivity contribution is 5.93. The van der Waals surface area contributed by atoms with Crippen LogP contribution in [0.2, 0.25) is 0 Å². The molecule has 34 heavy (non-hydrogen) atoms. The fourth-order valence-corrected chi connectivity index (χ4v) is 3.46. The van der Waals surface area contributed by atoms with Crippen molar-refractivity contribution in [3.63, 3.8) is 0 Å². The molecule has 0 atom stereocenters. The normalized spacial score (nSPS) is 12.0. The van der Waals surface area contributed by atoms with Crippen LogP contribution in [0.3, 0.4) is 0 Å². The lowest BCUT2D eigenvalue weighted by atomic mass is 10.1. The first-order chi connectivity index (χ1) is 16.3. The highest BCUT2D eigenvalue weighted by Gasteiger charge is 2.16. The molecule has 1 N–H and O–H groups in total. The molecule has 0 unspecified atom stereocenters. The van der Waals surface area contributed by atoms with E-state index >= 15 is 0 Å². The molecule has 0 bridgehead atoms. The van der Waals surface area contributed by atoms with E-state index in [1.807, 2.05) is 64.1 Å². The Balaban J connectivity index is 1.97. The van der Waals surface area contributed by atoms with Gasteiger partial charge in [-0.1, -0.05) is 50.8 Å². The fourth-order valence-electron chi connectivity index (χ4n) is 3.46. The van der Waals surface area contributed by atoms with Crippen LogP contribution in [0.15, 0.2) is 81.1 Å². The van der Waals surface area contributed by atoms with E-state index in [1.54, 1.807) is 12.1 Å². The van der Waals surface area contributed by atoms with Gasteiger partial charge in [-0.3, -0.25) is 9.79 Å². The van der Waals surface area contributed by atoms with E-state index < -0.39 is 0 Å². The smallest absolute Gasteiger partial charge is 0.196 e. The number of benzene rings is 2. The van der Waals surface area contributed by atoms with Gasteiger partial charge in [0.05, 0.1) is 12.3 Å². The van der Waals surface area contributed by atoms with Crippen LogP contribution in [-0.4, -0.2) is 17.4 Å². The molecule has 6 nitrogen and oxygen atoms in total. The molecule has 0 saturated carbocycles. The van der Waals surface area contributed by atoms with E-state index in [4.69, 9.17) is 13.9 Å². The summed E-state index contributed by atoms with van der Waals surface area (Å²) in [4.78, 5) is 17.4. The molecule has 178 valence electrons. The number of aliphatic hydroxyl groups excluding tert-OH is 1. The molecule has 3 rings (SSSR count). The Kier molecular flexibility index (Phi) is 8.44. The molecule has 0 aliphatic rings. The molecule has 0 aliphatic carbocycles. The zero-order chi connectivity index (χ0) is 24.7. The van der Waals surface area contributed by atoms with E-state index in [0.717, 1.165) is 16.8 Å². The van der Waals surface area contributed by atoms with Gasteiger partial charge in [0.2, 0.25) is 0 Å². The molecule has 2 aromatic carbocycles. The predicted octanol–water partition coefficient (Wildman–Crippen LogP) is 5.92. The van der Waals surface area contributed by atoms with Crippen LogP contribution in [0.1, 0.15) is 50.5 Å². The van der Waals surface area contributed by atoms with Crippen molar-refractivity contribution < 1.29 is 19.0 Å². The van der Waals surface area contributed by atoms with Gasteiger partial charge in [0.1, 0.15) is 41.4 Å². The molecule has 0 spiro atoms. The molecule has 6 heteroatoms. The van der Waals surface area contributed by atoms with Crippen LogP contribution >= 0.6 is 0 Å². The summed E-state index contributed by atoms with van der Waals surface area (Å²) in [5, 5.41) is 9.96. The highest BCUT2D eigenvalue weighted by Crippen LogP contribution is 2.32. The maximum Gasteiger partial charge on any atom is 0.196 e. The predicted molar refractivity (Wildman–Crippen MR) is 136 cm³/mol. The number of hydrogen-bond acceptors (Lipinski definition) is 6. The number of hydrogen-bond donors (Lipinski definition) is 1. The van der Waals surface area contributed by atoms with Crippen LogP contribution in [0.5, 0.6) is 11.5 Å². The van der Waals surface area contributed by atoms with E-state index in [-0.39, 0.29) is 31.2 Å². The van der Waals surface area contributed by atoms with Crippen LogP contribution in [0.25, 0.3) is 11.0 Å². The van der Waals surface area contributed by atoms with Crippen LogP contribution in [0, 0.1) is 0 Å². The SMILES string of the molecule is C=C(COc1cc(OCc2ccccc2CO)c2c(=O)cc(C(C)C)oc2c1)N=C(C)/C=C\C. The molecule has 0 amide bonds. The van der Waals surface area contributed by atoms with Gasteiger partial charge in [-0.05, 0) is 31.1 Å². The van der Waals surface area contributed by atoms with Crippen LogP contribution in [-0.2, 0) is 13.2 Å². The third-order valence-corrected chi connectivity index (χ3v) is 5.18. The van der Waals surface area contributed by atoms with Crippen LogP contribution < -0.4 is 14.9 Å². The number of nitrogens with zero attached hydrogens (tertiary/aromatic N) is 1. The second-order valence-corrected chi connectivity index (χ2v) is 8.29. The maximum absolute atomic E-state index is 13.0. The summed E-state index contributed by atoms with van der Waals surface area (Å²) in [6.45, 7) is 11.9. The Morgan fingerprint density at radius 2 is 1.91 bits per heavy atom. The first-order valence-electron chi connectivity index (χ1n) is 11.2. The minimum absolute atomic E-state index is 0.0474. The summed E-state index contributed by atoms with van der Waals surface area (Å²) in [5.41, 5.74) is 3.19. The van der Waals surface area contributed by atoms with Crippen molar-refractivity contribution in [3.05, 3.63) is 94.0 Å². The number of fused-ring (bicyclic) bond motifs is 1. The lowest BCUT2D eigenvalue weighted by Crippen LogP contribution is -2.08. The maximum atomic E-state index is 13.0. The van der Waals surface area contributed by atoms with E-state index in [0.29, 0.717) is 33.9 Å². The molecular weight excluding hydrogens is 430 g/mol. The van der Waals surface area contributed by atoms with Gasteiger partial charge in [-0.2, -0.15) is 0 Å². The van der Waals surface area contributed by atoms with Crippen molar-refractivity contribution in [1.82, 2.24) is 0 Å². The van der Waals surface area contributed by atoms with Gasteiger partial charge in [0.25, 0.3) is 0 Å². The van der Waals surface area contributed by atoms with Gasteiger partial charge < -0.3 is 19.0 Å². The van der Waals surface area contributed by atoms with E-state index in [9.17, 15) is 9.90 Å². The lowest BCUT2D eigenvalue weighted by molar-refractivity contribution is 0.269. The molecule has 0 fully saturated rings. The molecule has 0 aliphatic heterocycles. The van der Waals surface area contributed by atoms with Crippen molar-refractivity contribution in [2.24, 2.45) is 4.99 Å². The molecule has 0 radical (unpaired) electrons. The quantitative estimate of drug-likeness (QED) is 0.379. The van der Waals surface area contributed by atoms with Gasteiger partial charge in [-0.25, -0.2) is 0 Å². The number of rotatable bonds is 10. The van der Waals surface area contributed by atoms with Crippen LogP contribution in [0.4, 0.5) is 0 Å². The minimum atomic E-state index is -0.182. The molecule has 1 heterocycles. The Bertz CT molecular complexity index is 1280. The summed E-state index contributed by atoms with van der Waals surface area (Å²) in [6, 6.07) is 12.3. The number of aliphatic hydroxyl groups is 1. The minimum Gasteiger partial charge on any atom is -0.488 e. The third kappa shape index (κ3) is 6.23. The van der Waals surface area contributed by atoms with Crippen molar-refractivity contribution in [2.75, 3.05) is 6.61 Å². The Hall–Kier alpha value is -3.64. The topological polar surface area (TPSA) is 81.3 Å². The summed E-state index contributed by atoms with van der Waals surface area (Å²) in [6.07, 6.45) is 3.79. The monoisotopic (exact) mass is 461 g/mol. The Labute approximate surface area is 199 Å². The molecule has 0 saturated heterocycles. The standard InChI is InChI=1S/C28H31NO5/c1-6-9-19(4)29-20(5)16-32-23-12-26(33-17-22-11-8-7-10-21(22)15-30)28-24(31)14-25(18(2)3)34-27(28)13-23/h6-14,18,30H,5,15-17H2,1-4H3/b9-6-,29-19?. The molecule has 1 aromatic heterocycles. The second kappa shape index (κ2) is 11.5. The van der Waals surface area contributed by atoms with Gasteiger partial charge in [-0.15, -0.1) is 0 Å².